The van der Waals surface area contributed by atoms with E-state index in [1.54, 1.807) is 23.4 Å². The van der Waals surface area contributed by atoms with E-state index in [1.165, 1.54) is 0 Å². The third-order valence-corrected chi connectivity index (χ3v) is 1.07. The third-order valence-electron chi connectivity index (χ3n) is 0.513. The third kappa shape index (κ3) is 1.59. The van der Waals surface area contributed by atoms with Crippen LogP contribution in [-0.2, 0) is 0 Å². The summed E-state index contributed by atoms with van der Waals surface area (Å²) in [5, 5.41) is 3.75. The maximum absolute atomic E-state index is 3.73. The van der Waals surface area contributed by atoms with Crippen molar-refractivity contribution in [3.05, 3.63) is 23.1 Å². The quantitative estimate of drug-likeness (QED) is 0.461. The van der Waals surface area contributed by atoms with Crippen molar-refractivity contribution in [2.24, 2.45) is 4.99 Å². The molecule has 0 aromatic heterocycles. The molecule has 0 bridgehead atoms. The predicted molar refractivity (Wildman–Crippen MR) is 33.0 cm³/mol. The molecule has 1 aliphatic heterocycles. The lowest BCUT2D eigenvalue weighted by Gasteiger charge is -1.68. The van der Waals surface area contributed by atoms with Gasteiger partial charge in [-0.25, -0.2) is 0 Å². The lowest BCUT2D eigenvalue weighted by atomic mass is 10.7. The molecule has 0 aliphatic carbocycles. The maximum Gasteiger partial charge on any atom is 0.0957 e. The van der Waals surface area contributed by atoms with Crippen LogP contribution >= 0.6 is 11.8 Å². The standard InChI is InChI=1S/C5H4NS/c1-2-6-3-5-7-4-1/h1-2,4-5H. The molecule has 1 radical (unpaired) electrons. The zero-order chi connectivity index (χ0) is 4.95. The second-order valence-electron chi connectivity index (χ2n) is 0.990. The smallest absolute Gasteiger partial charge is 0.0957 e. The van der Waals surface area contributed by atoms with Gasteiger partial charge < -0.3 is 0 Å². The van der Waals surface area contributed by atoms with Gasteiger partial charge in [-0.2, -0.15) is 0 Å². The number of allylic oxidation sites excluding steroid dienone is 1. The van der Waals surface area contributed by atoms with Gasteiger partial charge >= 0.3 is 0 Å². The van der Waals surface area contributed by atoms with Crippen molar-refractivity contribution >= 4 is 18.0 Å². The summed E-state index contributed by atoms with van der Waals surface area (Å²) in [5.74, 6) is 0. The van der Waals surface area contributed by atoms with Gasteiger partial charge in [0.15, 0.2) is 0 Å². The Kier molecular flexibility index (Phi) is 1.75. The van der Waals surface area contributed by atoms with Gasteiger partial charge in [0, 0.05) is 11.6 Å². The lowest BCUT2D eigenvalue weighted by Crippen LogP contribution is -1.53. The summed E-state index contributed by atoms with van der Waals surface area (Å²) in [6.07, 6.45) is 6.27. The summed E-state index contributed by atoms with van der Waals surface area (Å²) < 4.78 is 0. The van der Waals surface area contributed by atoms with E-state index in [0.717, 1.165) is 0 Å². The molecular formula is C5H4NS. The van der Waals surface area contributed by atoms with Gasteiger partial charge in [-0.1, -0.05) is 0 Å². The SMILES string of the molecule is [C]1=CSC=CC=N1. The number of rotatable bonds is 0. The van der Waals surface area contributed by atoms with Crippen molar-refractivity contribution < 1.29 is 0 Å². The minimum Gasteiger partial charge on any atom is -0.254 e. The molecule has 7 heavy (non-hydrogen) atoms. The predicted octanol–water partition coefficient (Wildman–Crippen LogP) is 1.59. The Balaban J connectivity index is 2.60. The van der Waals surface area contributed by atoms with E-state index in [9.17, 15) is 0 Å². The van der Waals surface area contributed by atoms with Crippen LogP contribution in [0.5, 0.6) is 0 Å². The molecule has 35 valence electrons. The topological polar surface area (TPSA) is 12.4 Å². The first-order valence-electron chi connectivity index (χ1n) is 1.91. The fraction of sp³-hybridized carbons (Fsp3) is 0. The number of nitrogens with zero attached hydrogens (tertiary/aromatic N) is 1. The number of thioether (sulfide) groups is 1. The molecule has 1 rings (SSSR count). The fourth-order valence-electron chi connectivity index (χ4n) is 0.267. The van der Waals surface area contributed by atoms with Crippen LogP contribution in [0, 0.1) is 6.20 Å². The van der Waals surface area contributed by atoms with E-state index in [-0.39, 0.29) is 0 Å². The second kappa shape index (κ2) is 2.64. The van der Waals surface area contributed by atoms with E-state index in [1.807, 2.05) is 11.5 Å². The molecule has 0 saturated carbocycles. The average molecular weight is 110 g/mol. The first-order valence-corrected chi connectivity index (χ1v) is 2.85. The largest absolute Gasteiger partial charge is 0.254 e. The summed E-state index contributed by atoms with van der Waals surface area (Å²) in [6.45, 7) is 0. The second-order valence-corrected chi connectivity index (χ2v) is 1.77. The first kappa shape index (κ1) is 4.65. The minimum absolute atomic E-state index is 1.57. The molecule has 0 aromatic rings. The molecule has 0 amide bonds. The molecule has 1 aliphatic rings. The van der Waals surface area contributed by atoms with Crippen LogP contribution in [0.4, 0.5) is 0 Å². The average Bonchev–Trinajstić information content (AvgIpc) is 1.90. The fourth-order valence-corrected chi connectivity index (χ4v) is 0.628. The first-order chi connectivity index (χ1) is 3.50. The Morgan fingerprint density at radius 3 is 3.57 bits per heavy atom. The Morgan fingerprint density at radius 1 is 1.57 bits per heavy atom. The molecule has 0 atom stereocenters. The van der Waals surface area contributed by atoms with E-state index in [0.29, 0.717) is 0 Å². The van der Waals surface area contributed by atoms with Gasteiger partial charge in [0.2, 0.25) is 0 Å². The minimum atomic E-state index is 1.57. The van der Waals surface area contributed by atoms with E-state index >= 15 is 0 Å². The summed E-state index contributed by atoms with van der Waals surface area (Å²) in [5.41, 5.74) is 0. The summed E-state index contributed by atoms with van der Waals surface area (Å²) in [7, 11) is 0. The van der Waals surface area contributed by atoms with Gasteiger partial charge in [-0.05, 0) is 11.5 Å². The molecule has 1 nitrogen and oxygen atoms in total. The van der Waals surface area contributed by atoms with E-state index in [4.69, 9.17) is 0 Å². The number of aliphatic imine (C=N–C) groups is 1. The number of hydrogen-bond acceptors (Lipinski definition) is 2. The Labute approximate surface area is 46.8 Å². The monoisotopic (exact) mass is 110 g/mol. The molecule has 0 spiro atoms. The van der Waals surface area contributed by atoms with Crippen LogP contribution < -0.4 is 0 Å². The van der Waals surface area contributed by atoms with Crippen molar-refractivity contribution in [1.82, 2.24) is 0 Å². The van der Waals surface area contributed by atoms with Crippen molar-refractivity contribution in [3.8, 4) is 0 Å². The van der Waals surface area contributed by atoms with Crippen LogP contribution in [0.1, 0.15) is 0 Å². The van der Waals surface area contributed by atoms with E-state index in [2.05, 4.69) is 11.2 Å². The maximum atomic E-state index is 3.73. The highest BCUT2D eigenvalue weighted by molar-refractivity contribution is 8.04. The van der Waals surface area contributed by atoms with Crippen molar-refractivity contribution in [2.45, 2.75) is 0 Å². The molecule has 0 saturated heterocycles. The Morgan fingerprint density at radius 2 is 2.57 bits per heavy atom. The van der Waals surface area contributed by atoms with Gasteiger partial charge in [0.1, 0.15) is 0 Å². The molecular weight excluding hydrogens is 106 g/mol. The molecule has 1 heterocycles. The molecule has 0 unspecified atom stereocenters. The lowest BCUT2D eigenvalue weighted by molar-refractivity contribution is 1.55. The zero-order valence-electron chi connectivity index (χ0n) is 3.66. The van der Waals surface area contributed by atoms with Gasteiger partial charge in [0.05, 0.1) is 6.20 Å². The van der Waals surface area contributed by atoms with Gasteiger partial charge in [0.25, 0.3) is 0 Å². The normalized spacial score (nSPS) is 17.1. The molecule has 0 aromatic carbocycles. The van der Waals surface area contributed by atoms with Gasteiger partial charge in [-0.15, -0.1) is 11.8 Å². The number of hydrogen-bond donors (Lipinski definition) is 0. The van der Waals surface area contributed by atoms with E-state index < -0.39 is 0 Å². The molecule has 2 heteroatoms. The van der Waals surface area contributed by atoms with Crippen LogP contribution in [0.25, 0.3) is 0 Å². The van der Waals surface area contributed by atoms with Crippen LogP contribution in [-0.4, -0.2) is 6.21 Å². The highest BCUT2D eigenvalue weighted by Crippen LogP contribution is 2.03. The van der Waals surface area contributed by atoms with Crippen molar-refractivity contribution in [3.63, 3.8) is 0 Å². The highest BCUT2D eigenvalue weighted by Gasteiger charge is 1.72. The Bertz CT molecular complexity index is 110. The molecule has 0 fully saturated rings. The zero-order valence-corrected chi connectivity index (χ0v) is 4.48. The summed E-state index contributed by atoms with van der Waals surface area (Å²) in [6, 6.07) is 0. The van der Waals surface area contributed by atoms with Crippen molar-refractivity contribution in [2.75, 3.05) is 0 Å². The van der Waals surface area contributed by atoms with Crippen molar-refractivity contribution in [1.29, 1.82) is 0 Å². The van der Waals surface area contributed by atoms with Crippen LogP contribution in [0.2, 0.25) is 0 Å². The van der Waals surface area contributed by atoms with Crippen LogP contribution in [0.3, 0.4) is 0 Å². The van der Waals surface area contributed by atoms with Crippen LogP contribution in [0.15, 0.2) is 21.9 Å². The highest BCUT2D eigenvalue weighted by atomic mass is 32.2. The summed E-state index contributed by atoms with van der Waals surface area (Å²) in [4.78, 5) is 3.73. The molecule has 0 N–H and O–H groups in total. The summed E-state index contributed by atoms with van der Waals surface area (Å²) >= 11 is 1.57. The Hall–Kier alpha value is -0.500. The van der Waals surface area contributed by atoms with Gasteiger partial charge in [-0.3, -0.25) is 4.99 Å².